The molecule has 1 heterocycles. The molecule has 0 saturated carbocycles. The second-order valence-corrected chi connectivity index (χ2v) is 5.76. The molecule has 0 aliphatic rings. The Hall–Kier alpha value is -1.04. The standard InChI is InChI=1S/C14H17ClFN3S/c1-3-5-11-14(20-19-18-11)12(17-2)8-9-6-4-7-10(16)13(9)15/h4,6-7,12,17H,3,5,8H2,1-2H3. The fraction of sp³-hybridized carbons (Fsp3) is 0.429. The van der Waals surface area contributed by atoms with Gasteiger partial charge in [0.05, 0.1) is 15.6 Å². The third-order valence-corrected chi connectivity index (χ3v) is 4.50. The normalized spacial score (nSPS) is 12.6. The number of hydrogen-bond donors (Lipinski definition) is 1. The van der Waals surface area contributed by atoms with Crippen LogP contribution in [0.4, 0.5) is 4.39 Å². The van der Waals surface area contributed by atoms with Gasteiger partial charge >= 0.3 is 0 Å². The lowest BCUT2D eigenvalue weighted by Crippen LogP contribution is -2.19. The summed E-state index contributed by atoms with van der Waals surface area (Å²) < 4.78 is 17.5. The van der Waals surface area contributed by atoms with E-state index in [0.29, 0.717) is 6.42 Å². The summed E-state index contributed by atoms with van der Waals surface area (Å²) in [5, 5.41) is 7.62. The molecule has 3 nitrogen and oxygen atoms in total. The highest BCUT2D eigenvalue weighted by atomic mass is 35.5. The van der Waals surface area contributed by atoms with Crippen LogP contribution in [0.5, 0.6) is 0 Å². The summed E-state index contributed by atoms with van der Waals surface area (Å²) in [5.74, 6) is -0.379. The van der Waals surface area contributed by atoms with E-state index in [1.54, 1.807) is 6.07 Å². The van der Waals surface area contributed by atoms with E-state index >= 15 is 0 Å². The van der Waals surface area contributed by atoms with Gasteiger partial charge in [-0.2, -0.15) is 0 Å². The van der Waals surface area contributed by atoms with Gasteiger partial charge in [0.1, 0.15) is 5.82 Å². The maximum absolute atomic E-state index is 13.5. The fourth-order valence-corrected chi connectivity index (χ4v) is 3.15. The van der Waals surface area contributed by atoms with Crippen molar-refractivity contribution in [2.75, 3.05) is 7.05 Å². The molecule has 20 heavy (non-hydrogen) atoms. The molecule has 0 radical (unpaired) electrons. The minimum atomic E-state index is -0.379. The number of nitrogens with zero attached hydrogens (tertiary/aromatic N) is 2. The number of likely N-dealkylation sites (N-methyl/N-ethyl adjacent to an activating group) is 1. The van der Waals surface area contributed by atoms with Crippen molar-refractivity contribution in [3.8, 4) is 0 Å². The molecule has 2 aromatic rings. The van der Waals surface area contributed by atoms with Gasteiger partial charge in [0.2, 0.25) is 0 Å². The van der Waals surface area contributed by atoms with Crippen molar-refractivity contribution in [1.29, 1.82) is 0 Å². The molecule has 1 atom stereocenters. The highest BCUT2D eigenvalue weighted by Gasteiger charge is 2.19. The summed E-state index contributed by atoms with van der Waals surface area (Å²) in [6.07, 6.45) is 2.55. The second-order valence-electron chi connectivity index (χ2n) is 4.59. The maximum Gasteiger partial charge on any atom is 0.142 e. The SMILES string of the molecule is CCCc1nnsc1C(Cc1cccc(F)c1Cl)NC. The maximum atomic E-state index is 13.5. The van der Waals surface area contributed by atoms with Crippen LogP contribution >= 0.6 is 23.1 Å². The average Bonchev–Trinajstić information content (AvgIpc) is 2.89. The summed E-state index contributed by atoms with van der Waals surface area (Å²) in [6.45, 7) is 2.11. The van der Waals surface area contributed by atoms with Crippen molar-refractivity contribution in [3.63, 3.8) is 0 Å². The third-order valence-electron chi connectivity index (χ3n) is 3.19. The Labute approximate surface area is 127 Å². The first-order valence-corrected chi connectivity index (χ1v) is 7.73. The molecule has 0 bridgehead atoms. The van der Waals surface area contributed by atoms with E-state index in [1.165, 1.54) is 17.6 Å². The second kappa shape index (κ2) is 7.11. The molecule has 6 heteroatoms. The van der Waals surface area contributed by atoms with Crippen LogP contribution in [0.1, 0.15) is 35.5 Å². The van der Waals surface area contributed by atoms with E-state index in [9.17, 15) is 4.39 Å². The minimum absolute atomic E-state index is 0.0517. The van der Waals surface area contributed by atoms with Crippen molar-refractivity contribution in [1.82, 2.24) is 14.9 Å². The van der Waals surface area contributed by atoms with Crippen molar-refractivity contribution in [2.45, 2.75) is 32.2 Å². The van der Waals surface area contributed by atoms with Gasteiger partial charge in [0, 0.05) is 6.04 Å². The topological polar surface area (TPSA) is 37.8 Å². The minimum Gasteiger partial charge on any atom is -0.312 e. The molecule has 0 saturated heterocycles. The Kier molecular flexibility index (Phi) is 5.46. The Bertz CT molecular complexity index is 573. The highest BCUT2D eigenvalue weighted by molar-refractivity contribution is 7.05. The van der Waals surface area contributed by atoms with E-state index in [4.69, 9.17) is 11.6 Å². The van der Waals surface area contributed by atoms with Crippen LogP contribution in [-0.4, -0.2) is 16.6 Å². The zero-order chi connectivity index (χ0) is 14.5. The monoisotopic (exact) mass is 313 g/mol. The van der Waals surface area contributed by atoms with Crippen LogP contribution in [0.3, 0.4) is 0 Å². The average molecular weight is 314 g/mol. The molecule has 0 fully saturated rings. The quantitative estimate of drug-likeness (QED) is 0.881. The van der Waals surface area contributed by atoms with Gasteiger partial charge in [0.25, 0.3) is 0 Å². The molecule has 0 amide bonds. The Balaban J connectivity index is 2.24. The van der Waals surface area contributed by atoms with E-state index in [-0.39, 0.29) is 16.9 Å². The van der Waals surface area contributed by atoms with Gasteiger partial charge in [-0.25, -0.2) is 4.39 Å². The van der Waals surface area contributed by atoms with Gasteiger partial charge < -0.3 is 5.32 Å². The number of aryl methyl sites for hydroxylation is 1. The van der Waals surface area contributed by atoms with Crippen molar-refractivity contribution in [3.05, 3.63) is 45.2 Å². The van der Waals surface area contributed by atoms with Gasteiger partial charge in [-0.1, -0.05) is 41.6 Å². The van der Waals surface area contributed by atoms with Gasteiger partial charge in [-0.05, 0) is 43.1 Å². The van der Waals surface area contributed by atoms with Crippen LogP contribution in [-0.2, 0) is 12.8 Å². The first-order valence-electron chi connectivity index (χ1n) is 6.58. The van der Waals surface area contributed by atoms with Crippen molar-refractivity contribution < 1.29 is 4.39 Å². The lowest BCUT2D eigenvalue weighted by molar-refractivity contribution is 0.585. The molecule has 2 rings (SSSR count). The van der Waals surface area contributed by atoms with Crippen LogP contribution < -0.4 is 5.32 Å². The molecule has 0 aliphatic heterocycles. The molecular weight excluding hydrogens is 297 g/mol. The highest BCUT2D eigenvalue weighted by Crippen LogP contribution is 2.28. The Morgan fingerprint density at radius 3 is 2.95 bits per heavy atom. The van der Waals surface area contributed by atoms with Crippen LogP contribution in [0.2, 0.25) is 5.02 Å². The van der Waals surface area contributed by atoms with Gasteiger partial charge in [-0.15, -0.1) is 5.10 Å². The number of benzene rings is 1. The lowest BCUT2D eigenvalue weighted by atomic mass is 10.0. The Morgan fingerprint density at radius 1 is 1.45 bits per heavy atom. The van der Waals surface area contributed by atoms with E-state index in [1.807, 2.05) is 13.1 Å². The smallest absolute Gasteiger partial charge is 0.142 e. The molecule has 0 aliphatic carbocycles. The number of nitrogens with one attached hydrogen (secondary N) is 1. The summed E-state index contributed by atoms with van der Waals surface area (Å²) in [6, 6.07) is 4.96. The molecule has 1 aromatic carbocycles. The molecular formula is C14H17ClFN3S. The van der Waals surface area contributed by atoms with Crippen LogP contribution in [0.15, 0.2) is 18.2 Å². The van der Waals surface area contributed by atoms with Crippen LogP contribution in [0, 0.1) is 5.82 Å². The predicted octanol–water partition coefficient (Wildman–Crippen LogP) is 3.79. The fourth-order valence-electron chi connectivity index (χ4n) is 2.14. The summed E-state index contributed by atoms with van der Waals surface area (Å²) in [7, 11) is 1.88. The molecule has 1 unspecified atom stereocenters. The Morgan fingerprint density at radius 2 is 2.25 bits per heavy atom. The zero-order valence-electron chi connectivity index (χ0n) is 11.5. The number of aromatic nitrogens is 2. The first-order chi connectivity index (χ1) is 9.67. The van der Waals surface area contributed by atoms with Crippen molar-refractivity contribution in [2.24, 2.45) is 0 Å². The molecule has 108 valence electrons. The zero-order valence-corrected chi connectivity index (χ0v) is 13.1. The predicted molar refractivity (Wildman–Crippen MR) is 80.8 cm³/mol. The number of halogens is 2. The summed E-state index contributed by atoms with van der Waals surface area (Å²) >= 11 is 7.42. The van der Waals surface area contributed by atoms with E-state index in [2.05, 4.69) is 21.8 Å². The third kappa shape index (κ3) is 3.34. The summed E-state index contributed by atoms with van der Waals surface area (Å²) in [4.78, 5) is 1.11. The van der Waals surface area contributed by atoms with E-state index < -0.39 is 0 Å². The molecule has 1 aromatic heterocycles. The van der Waals surface area contributed by atoms with Gasteiger partial charge in [-0.3, -0.25) is 0 Å². The lowest BCUT2D eigenvalue weighted by Gasteiger charge is -2.16. The summed E-state index contributed by atoms with van der Waals surface area (Å²) in [5.41, 5.74) is 1.81. The van der Waals surface area contributed by atoms with E-state index in [0.717, 1.165) is 29.0 Å². The largest absolute Gasteiger partial charge is 0.312 e. The molecule has 0 spiro atoms. The first kappa shape index (κ1) is 15.4. The number of rotatable bonds is 6. The van der Waals surface area contributed by atoms with Gasteiger partial charge in [0.15, 0.2) is 0 Å². The number of hydrogen-bond acceptors (Lipinski definition) is 4. The van der Waals surface area contributed by atoms with Crippen molar-refractivity contribution >= 4 is 23.1 Å². The van der Waals surface area contributed by atoms with Crippen LogP contribution in [0.25, 0.3) is 0 Å². The molecule has 1 N–H and O–H groups in total.